The molecule has 4 saturated heterocycles. The van der Waals surface area contributed by atoms with E-state index in [1.165, 1.54) is 25.9 Å². The summed E-state index contributed by atoms with van der Waals surface area (Å²) < 4.78 is 5.49. The lowest BCUT2D eigenvalue weighted by Crippen LogP contribution is -2.57. The Balaban J connectivity index is 1.42. The molecule has 6 heteroatoms. The van der Waals surface area contributed by atoms with E-state index in [9.17, 15) is 0 Å². The van der Waals surface area contributed by atoms with Crippen LogP contribution in [0.5, 0.6) is 0 Å². The largest absolute Gasteiger partial charge is 0.339 e. The first-order chi connectivity index (χ1) is 9.88. The van der Waals surface area contributed by atoms with E-state index in [4.69, 9.17) is 4.52 Å². The van der Waals surface area contributed by atoms with Gasteiger partial charge in [0.1, 0.15) is 0 Å². The summed E-state index contributed by atoms with van der Waals surface area (Å²) in [5.74, 6) is 2.38. The smallest absolute Gasteiger partial charge is 0.227 e. The maximum atomic E-state index is 5.49. The number of nitrogens with one attached hydrogen (secondary N) is 1. The molecule has 0 spiro atoms. The minimum Gasteiger partial charge on any atom is -0.339 e. The minimum absolute atomic E-state index is 0.347. The standard InChI is InChI=1S/C14H23N5O/c1-2-11(9-15-3-1)8-13-16-14(17-20-13)12-10-18-4-6-19(12)7-5-18/h11-12,15H,1-10H2. The third-order valence-corrected chi connectivity index (χ3v) is 4.92. The number of hydrogen-bond acceptors (Lipinski definition) is 6. The van der Waals surface area contributed by atoms with Gasteiger partial charge in [0.15, 0.2) is 5.82 Å². The fourth-order valence-electron chi connectivity index (χ4n) is 3.69. The van der Waals surface area contributed by atoms with E-state index in [2.05, 4.69) is 25.3 Å². The van der Waals surface area contributed by atoms with Crippen LogP contribution in [0.3, 0.4) is 0 Å². The van der Waals surface area contributed by atoms with Crippen molar-refractivity contribution in [2.75, 3.05) is 45.8 Å². The van der Waals surface area contributed by atoms with Crippen molar-refractivity contribution >= 4 is 0 Å². The molecular weight excluding hydrogens is 254 g/mol. The zero-order chi connectivity index (χ0) is 13.4. The number of piperazine rings is 3. The Hall–Kier alpha value is -0.980. The maximum absolute atomic E-state index is 5.49. The quantitative estimate of drug-likeness (QED) is 0.857. The van der Waals surface area contributed by atoms with E-state index >= 15 is 0 Å². The first kappa shape index (κ1) is 12.7. The third kappa shape index (κ3) is 2.47. The van der Waals surface area contributed by atoms with Crippen LogP contribution in [-0.4, -0.2) is 65.8 Å². The van der Waals surface area contributed by atoms with Gasteiger partial charge in [-0.05, 0) is 31.8 Å². The van der Waals surface area contributed by atoms with Crippen molar-refractivity contribution in [2.24, 2.45) is 5.92 Å². The zero-order valence-electron chi connectivity index (χ0n) is 11.9. The Morgan fingerprint density at radius 1 is 1.25 bits per heavy atom. The van der Waals surface area contributed by atoms with Crippen molar-refractivity contribution in [3.63, 3.8) is 0 Å². The van der Waals surface area contributed by atoms with Crippen molar-refractivity contribution in [1.29, 1.82) is 0 Å². The molecule has 6 nitrogen and oxygen atoms in total. The Morgan fingerprint density at radius 3 is 2.85 bits per heavy atom. The summed E-state index contributed by atoms with van der Waals surface area (Å²) in [7, 11) is 0. The van der Waals surface area contributed by atoms with E-state index in [0.717, 1.165) is 50.9 Å². The van der Waals surface area contributed by atoms with Crippen LogP contribution in [0.2, 0.25) is 0 Å². The second kappa shape index (κ2) is 5.42. The van der Waals surface area contributed by atoms with Crippen molar-refractivity contribution in [3.8, 4) is 0 Å². The summed E-state index contributed by atoms with van der Waals surface area (Å²) in [4.78, 5) is 9.68. The van der Waals surface area contributed by atoms with Gasteiger partial charge in [0.05, 0.1) is 6.04 Å². The summed E-state index contributed by atoms with van der Waals surface area (Å²) in [5, 5.41) is 7.69. The Morgan fingerprint density at radius 2 is 2.15 bits per heavy atom. The topological polar surface area (TPSA) is 57.4 Å². The van der Waals surface area contributed by atoms with Crippen LogP contribution in [0.25, 0.3) is 0 Å². The van der Waals surface area contributed by atoms with Crippen LogP contribution in [0, 0.1) is 5.92 Å². The summed E-state index contributed by atoms with van der Waals surface area (Å²) in [6.45, 7) is 7.95. The average Bonchev–Trinajstić information content (AvgIpc) is 2.98. The van der Waals surface area contributed by atoms with Gasteiger partial charge < -0.3 is 9.84 Å². The highest BCUT2D eigenvalue weighted by atomic mass is 16.5. The van der Waals surface area contributed by atoms with Crippen LogP contribution in [-0.2, 0) is 6.42 Å². The van der Waals surface area contributed by atoms with Gasteiger partial charge in [-0.25, -0.2) is 0 Å². The molecule has 110 valence electrons. The molecule has 1 aromatic rings. The SMILES string of the molecule is C1CNCC(Cc2nc(C3CN4CCN3CC4)no2)C1. The van der Waals surface area contributed by atoms with Gasteiger partial charge in [-0.15, -0.1) is 0 Å². The van der Waals surface area contributed by atoms with Gasteiger partial charge in [0.25, 0.3) is 0 Å². The molecular formula is C14H23N5O. The number of piperidine rings is 1. The highest BCUT2D eigenvalue weighted by Crippen LogP contribution is 2.27. The number of hydrogen-bond donors (Lipinski definition) is 1. The highest BCUT2D eigenvalue weighted by Gasteiger charge is 2.35. The lowest BCUT2D eigenvalue weighted by molar-refractivity contribution is 0.00781. The lowest BCUT2D eigenvalue weighted by atomic mass is 9.96. The van der Waals surface area contributed by atoms with Crippen LogP contribution in [0.15, 0.2) is 4.52 Å². The molecule has 5 heterocycles. The van der Waals surface area contributed by atoms with Crippen molar-refractivity contribution in [2.45, 2.75) is 25.3 Å². The fourth-order valence-corrected chi connectivity index (χ4v) is 3.69. The van der Waals surface area contributed by atoms with Crippen LogP contribution in [0.1, 0.15) is 30.6 Å². The molecule has 1 aromatic heterocycles. The maximum Gasteiger partial charge on any atom is 0.227 e. The molecule has 0 aliphatic carbocycles. The second-order valence-electron chi connectivity index (χ2n) is 6.32. The summed E-state index contributed by atoms with van der Waals surface area (Å²) in [6, 6.07) is 0.347. The van der Waals surface area contributed by atoms with E-state index in [-0.39, 0.29) is 0 Å². The molecule has 0 saturated carbocycles. The number of rotatable bonds is 3. The molecule has 4 fully saturated rings. The van der Waals surface area contributed by atoms with Crippen molar-refractivity contribution in [3.05, 3.63) is 11.7 Å². The molecule has 0 amide bonds. The van der Waals surface area contributed by atoms with Gasteiger partial charge >= 0.3 is 0 Å². The van der Waals surface area contributed by atoms with E-state index in [1.807, 2.05) is 0 Å². The van der Waals surface area contributed by atoms with Crippen LogP contribution >= 0.6 is 0 Å². The highest BCUT2D eigenvalue weighted by molar-refractivity contribution is 5.02. The minimum atomic E-state index is 0.347. The molecule has 1 N–H and O–H groups in total. The predicted molar refractivity (Wildman–Crippen MR) is 74.3 cm³/mol. The third-order valence-electron chi connectivity index (χ3n) is 4.92. The molecule has 2 atom stereocenters. The monoisotopic (exact) mass is 277 g/mol. The van der Waals surface area contributed by atoms with Gasteiger partial charge in [-0.2, -0.15) is 4.98 Å². The molecule has 0 aromatic carbocycles. The predicted octanol–water partition coefficient (Wildman–Crippen LogP) is 0.284. The average molecular weight is 277 g/mol. The van der Waals surface area contributed by atoms with Crippen LogP contribution in [0.4, 0.5) is 0 Å². The molecule has 0 radical (unpaired) electrons. The van der Waals surface area contributed by atoms with Crippen LogP contribution < -0.4 is 5.32 Å². The normalized spacial score (nSPS) is 37.2. The Labute approximate surface area is 119 Å². The molecule has 4 aliphatic rings. The molecule has 4 aliphatic heterocycles. The molecule has 2 bridgehead atoms. The van der Waals surface area contributed by atoms with Gasteiger partial charge in [-0.3, -0.25) is 9.80 Å². The molecule has 20 heavy (non-hydrogen) atoms. The number of aromatic nitrogens is 2. The van der Waals surface area contributed by atoms with Crippen molar-refractivity contribution in [1.82, 2.24) is 25.3 Å². The summed E-state index contributed by atoms with van der Waals surface area (Å²) in [5.41, 5.74) is 0. The van der Waals surface area contributed by atoms with Gasteiger partial charge in [0, 0.05) is 39.1 Å². The number of nitrogens with zero attached hydrogens (tertiary/aromatic N) is 4. The zero-order valence-corrected chi connectivity index (χ0v) is 11.9. The first-order valence-corrected chi connectivity index (χ1v) is 7.88. The van der Waals surface area contributed by atoms with E-state index in [1.54, 1.807) is 0 Å². The Kier molecular flexibility index (Phi) is 3.45. The Bertz CT molecular complexity index is 448. The number of fused-ring (bicyclic) bond motifs is 3. The first-order valence-electron chi connectivity index (χ1n) is 7.88. The second-order valence-corrected chi connectivity index (χ2v) is 6.32. The van der Waals surface area contributed by atoms with E-state index in [0.29, 0.717) is 12.0 Å². The van der Waals surface area contributed by atoms with Gasteiger partial charge in [0.2, 0.25) is 5.89 Å². The fraction of sp³-hybridized carbons (Fsp3) is 0.857. The molecule has 2 unspecified atom stereocenters. The van der Waals surface area contributed by atoms with Crippen molar-refractivity contribution < 1.29 is 4.52 Å². The summed E-state index contributed by atoms with van der Waals surface area (Å²) in [6.07, 6.45) is 3.46. The van der Waals surface area contributed by atoms with E-state index < -0.39 is 0 Å². The van der Waals surface area contributed by atoms with Gasteiger partial charge in [-0.1, -0.05) is 5.16 Å². The summed E-state index contributed by atoms with van der Waals surface area (Å²) >= 11 is 0. The lowest BCUT2D eigenvalue weighted by Gasteiger charge is -2.46. The molecule has 5 rings (SSSR count).